The molecule has 1 aromatic rings. The molecular formula is C15H17FN2O2. The fraction of sp³-hybridized carbons (Fsp3) is 0.467. The minimum absolute atomic E-state index is 0.252. The van der Waals surface area contributed by atoms with Crippen LogP contribution in [-0.4, -0.2) is 13.0 Å². The van der Waals surface area contributed by atoms with Crippen molar-refractivity contribution in [2.45, 2.75) is 32.1 Å². The second kappa shape index (κ2) is 5.91. The number of hydrogen-bond acceptors (Lipinski definition) is 3. The van der Waals surface area contributed by atoms with Gasteiger partial charge in [-0.2, -0.15) is 5.26 Å². The number of amides is 1. The zero-order valence-electron chi connectivity index (χ0n) is 11.4. The third-order valence-corrected chi connectivity index (χ3v) is 3.77. The summed E-state index contributed by atoms with van der Waals surface area (Å²) in [5.41, 5.74) is -0.587. The van der Waals surface area contributed by atoms with Crippen molar-refractivity contribution in [3.63, 3.8) is 0 Å². The van der Waals surface area contributed by atoms with Crippen LogP contribution >= 0.6 is 0 Å². The molecule has 1 aromatic carbocycles. The smallest absolute Gasteiger partial charge is 0.244 e. The Kier molecular flexibility index (Phi) is 4.23. The number of carbonyl (C=O) groups is 1. The van der Waals surface area contributed by atoms with E-state index in [1.54, 1.807) is 0 Å². The molecular weight excluding hydrogens is 259 g/mol. The molecule has 106 valence electrons. The van der Waals surface area contributed by atoms with Crippen LogP contribution in [0.1, 0.15) is 32.1 Å². The van der Waals surface area contributed by atoms with Gasteiger partial charge in [0, 0.05) is 6.07 Å². The fourth-order valence-corrected chi connectivity index (χ4v) is 2.56. The number of ether oxygens (including phenoxy) is 1. The first-order valence-electron chi connectivity index (χ1n) is 6.67. The number of carbonyl (C=O) groups excluding carboxylic acids is 1. The Balaban J connectivity index is 2.21. The van der Waals surface area contributed by atoms with Crippen molar-refractivity contribution < 1.29 is 13.9 Å². The molecule has 5 heteroatoms. The molecule has 0 unspecified atom stereocenters. The lowest BCUT2D eigenvalue weighted by atomic mass is 9.74. The Labute approximate surface area is 117 Å². The van der Waals surface area contributed by atoms with Gasteiger partial charge in [-0.25, -0.2) is 4.39 Å². The molecule has 1 aliphatic carbocycles. The van der Waals surface area contributed by atoms with Crippen LogP contribution < -0.4 is 10.1 Å². The maximum absolute atomic E-state index is 13.1. The largest absolute Gasteiger partial charge is 0.494 e. The Bertz CT molecular complexity index is 545. The van der Waals surface area contributed by atoms with E-state index in [1.807, 2.05) is 0 Å². The summed E-state index contributed by atoms with van der Waals surface area (Å²) in [6.07, 6.45) is 3.94. The Morgan fingerprint density at radius 3 is 2.70 bits per heavy atom. The molecule has 4 nitrogen and oxygen atoms in total. The lowest BCUT2D eigenvalue weighted by molar-refractivity contribution is -0.124. The Hall–Kier alpha value is -2.09. The summed E-state index contributed by atoms with van der Waals surface area (Å²) in [4.78, 5) is 12.4. The van der Waals surface area contributed by atoms with Gasteiger partial charge in [-0.1, -0.05) is 19.3 Å². The summed E-state index contributed by atoms with van der Waals surface area (Å²) in [6, 6.07) is 6.06. The van der Waals surface area contributed by atoms with Crippen LogP contribution in [0.25, 0.3) is 0 Å². The van der Waals surface area contributed by atoms with E-state index in [2.05, 4.69) is 11.4 Å². The van der Waals surface area contributed by atoms with Gasteiger partial charge >= 0.3 is 0 Å². The highest BCUT2D eigenvalue weighted by atomic mass is 19.1. The molecule has 1 aliphatic rings. The maximum Gasteiger partial charge on any atom is 0.244 e. The number of halogens is 1. The predicted octanol–water partition coefficient (Wildman–Crippen LogP) is 3.25. The SMILES string of the molecule is COc1cc(F)ccc1NC(=O)C1(C#N)CCCCC1. The van der Waals surface area contributed by atoms with E-state index in [1.165, 1.54) is 25.3 Å². The molecule has 0 saturated heterocycles. The number of nitrogens with one attached hydrogen (secondary N) is 1. The van der Waals surface area contributed by atoms with Gasteiger partial charge < -0.3 is 10.1 Å². The molecule has 1 amide bonds. The quantitative estimate of drug-likeness (QED) is 0.921. The van der Waals surface area contributed by atoms with E-state index in [0.29, 0.717) is 18.5 Å². The highest BCUT2D eigenvalue weighted by molar-refractivity contribution is 5.98. The number of methoxy groups -OCH3 is 1. The molecule has 20 heavy (non-hydrogen) atoms. The average molecular weight is 276 g/mol. The van der Waals surface area contributed by atoms with Crippen molar-refractivity contribution in [1.82, 2.24) is 0 Å². The number of benzene rings is 1. The van der Waals surface area contributed by atoms with E-state index >= 15 is 0 Å². The molecule has 0 heterocycles. The van der Waals surface area contributed by atoms with Crippen molar-refractivity contribution in [1.29, 1.82) is 5.26 Å². The Morgan fingerprint density at radius 1 is 1.40 bits per heavy atom. The first-order chi connectivity index (χ1) is 9.61. The van der Waals surface area contributed by atoms with E-state index in [4.69, 9.17) is 4.74 Å². The van der Waals surface area contributed by atoms with Gasteiger partial charge in [-0.15, -0.1) is 0 Å². The summed E-state index contributed by atoms with van der Waals surface area (Å²) in [5.74, 6) is -0.514. The second-order valence-electron chi connectivity index (χ2n) is 5.05. The lowest BCUT2D eigenvalue weighted by Gasteiger charge is -2.29. The monoisotopic (exact) mass is 276 g/mol. The number of nitrogens with zero attached hydrogens (tertiary/aromatic N) is 1. The molecule has 0 bridgehead atoms. The van der Waals surface area contributed by atoms with Gasteiger partial charge in [0.15, 0.2) is 0 Å². The third-order valence-electron chi connectivity index (χ3n) is 3.77. The van der Waals surface area contributed by atoms with Crippen LogP contribution in [0.2, 0.25) is 0 Å². The van der Waals surface area contributed by atoms with Crippen LogP contribution in [0, 0.1) is 22.6 Å². The first-order valence-corrected chi connectivity index (χ1v) is 6.67. The second-order valence-corrected chi connectivity index (χ2v) is 5.05. The molecule has 0 aliphatic heterocycles. The van der Waals surface area contributed by atoms with Gasteiger partial charge in [0.05, 0.1) is 18.9 Å². The van der Waals surface area contributed by atoms with Gasteiger partial charge in [-0.3, -0.25) is 4.79 Å². The predicted molar refractivity (Wildman–Crippen MR) is 72.7 cm³/mol. The summed E-state index contributed by atoms with van der Waals surface area (Å²) in [5, 5.41) is 12.1. The summed E-state index contributed by atoms with van der Waals surface area (Å²) < 4.78 is 18.2. The van der Waals surface area contributed by atoms with Gasteiger partial charge in [0.1, 0.15) is 17.0 Å². The van der Waals surface area contributed by atoms with Crippen molar-refractivity contribution in [2.75, 3.05) is 12.4 Å². The molecule has 0 aromatic heterocycles. The van der Waals surface area contributed by atoms with Gasteiger partial charge in [-0.05, 0) is 25.0 Å². The molecule has 2 rings (SSSR count). The molecule has 0 spiro atoms. The maximum atomic E-state index is 13.1. The van der Waals surface area contributed by atoms with Crippen molar-refractivity contribution in [3.8, 4) is 11.8 Å². The minimum Gasteiger partial charge on any atom is -0.494 e. The van der Waals surface area contributed by atoms with Crippen LogP contribution in [-0.2, 0) is 4.79 Å². The van der Waals surface area contributed by atoms with Crippen LogP contribution in [0.5, 0.6) is 5.75 Å². The standard InChI is InChI=1S/C15H17FN2O2/c1-20-13-9-11(16)5-6-12(13)18-14(19)15(10-17)7-3-2-4-8-15/h5-6,9H,2-4,7-8H2,1H3,(H,18,19). The molecule has 1 saturated carbocycles. The third kappa shape index (κ3) is 2.74. The van der Waals surface area contributed by atoms with E-state index < -0.39 is 11.2 Å². The molecule has 1 fully saturated rings. The molecule has 0 radical (unpaired) electrons. The van der Waals surface area contributed by atoms with E-state index in [0.717, 1.165) is 19.3 Å². The van der Waals surface area contributed by atoms with Crippen LogP contribution in [0.3, 0.4) is 0 Å². The first kappa shape index (κ1) is 14.3. The number of rotatable bonds is 3. The van der Waals surface area contributed by atoms with Crippen LogP contribution in [0.4, 0.5) is 10.1 Å². The minimum atomic E-state index is -0.975. The summed E-state index contributed by atoms with van der Waals surface area (Å²) >= 11 is 0. The zero-order valence-corrected chi connectivity index (χ0v) is 11.4. The van der Waals surface area contributed by atoms with Crippen molar-refractivity contribution in [2.24, 2.45) is 5.41 Å². The van der Waals surface area contributed by atoms with Crippen molar-refractivity contribution in [3.05, 3.63) is 24.0 Å². The fourth-order valence-electron chi connectivity index (χ4n) is 2.56. The van der Waals surface area contributed by atoms with E-state index in [9.17, 15) is 14.4 Å². The Morgan fingerprint density at radius 2 is 2.10 bits per heavy atom. The number of nitriles is 1. The van der Waals surface area contributed by atoms with Crippen molar-refractivity contribution >= 4 is 11.6 Å². The van der Waals surface area contributed by atoms with Crippen LogP contribution in [0.15, 0.2) is 18.2 Å². The number of hydrogen-bond donors (Lipinski definition) is 1. The lowest BCUT2D eigenvalue weighted by Crippen LogP contribution is -2.36. The summed E-state index contributed by atoms with van der Waals surface area (Å²) in [6.45, 7) is 0. The average Bonchev–Trinajstić information content (AvgIpc) is 2.49. The highest BCUT2D eigenvalue weighted by Crippen LogP contribution is 2.37. The van der Waals surface area contributed by atoms with E-state index in [-0.39, 0.29) is 11.7 Å². The van der Waals surface area contributed by atoms with Gasteiger partial charge in [0.2, 0.25) is 5.91 Å². The topological polar surface area (TPSA) is 62.1 Å². The summed E-state index contributed by atoms with van der Waals surface area (Å²) in [7, 11) is 1.41. The number of anilines is 1. The molecule has 1 N–H and O–H groups in total. The van der Waals surface area contributed by atoms with Gasteiger partial charge in [0.25, 0.3) is 0 Å². The normalized spacial score (nSPS) is 17.1. The molecule has 0 atom stereocenters. The highest BCUT2D eigenvalue weighted by Gasteiger charge is 2.40. The zero-order chi connectivity index (χ0) is 14.6.